The summed E-state index contributed by atoms with van der Waals surface area (Å²) in [4.78, 5) is 2.95. The van der Waals surface area contributed by atoms with E-state index in [1.54, 1.807) is 0 Å². The summed E-state index contributed by atoms with van der Waals surface area (Å²) >= 11 is 0. The summed E-state index contributed by atoms with van der Waals surface area (Å²) in [6, 6.07) is 1.79. The summed E-state index contributed by atoms with van der Waals surface area (Å²) in [5.41, 5.74) is -1.74. The van der Waals surface area contributed by atoms with Crippen LogP contribution in [0.1, 0.15) is 17.8 Å². The van der Waals surface area contributed by atoms with Crippen molar-refractivity contribution >= 4 is 0 Å². The lowest BCUT2D eigenvalue weighted by Gasteiger charge is -2.01. The fourth-order valence-electron chi connectivity index (χ4n) is 0.729. The molecule has 0 aliphatic rings. The summed E-state index contributed by atoms with van der Waals surface area (Å²) in [5.74, 6) is -2.07. The largest absolute Gasteiger partial charge is 0.505 e. The third-order valence-corrected chi connectivity index (χ3v) is 1.30. The number of pyridine rings is 1. The molecule has 0 unspecified atom stereocenters. The molecule has 0 aliphatic heterocycles. The summed E-state index contributed by atoms with van der Waals surface area (Å²) in [6.45, 7) is 0. The highest BCUT2D eigenvalue weighted by Gasteiger charge is 2.18. The molecule has 0 aliphatic carbocycles. The zero-order chi connectivity index (χ0) is 10.0. The van der Waals surface area contributed by atoms with Crippen molar-refractivity contribution in [3.8, 4) is 11.8 Å². The fourth-order valence-corrected chi connectivity index (χ4v) is 0.729. The number of halogens is 3. The van der Waals surface area contributed by atoms with E-state index in [-0.39, 0.29) is 0 Å². The molecule has 0 amide bonds. The summed E-state index contributed by atoms with van der Waals surface area (Å²) in [5, 5.41) is 17.1. The molecule has 1 N–H and O–H groups in total. The van der Waals surface area contributed by atoms with Crippen LogP contribution < -0.4 is 0 Å². The second-order valence-electron chi connectivity index (χ2n) is 2.14. The number of hydrogen-bond acceptors (Lipinski definition) is 3. The molecule has 0 aromatic carbocycles. The van der Waals surface area contributed by atoms with Gasteiger partial charge in [0, 0.05) is 6.07 Å². The van der Waals surface area contributed by atoms with Gasteiger partial charge in [0.15, 0.2) is 17.3 Å². The van der Waals surface area contributed by atoms with Gasteiger partial charge >= 0.3 is 0 Å². The smallest absolute Gasteiger partial charge is 0.283 e. The molecule has 0 bridgehead atoms. The van der Waals surface area contributed by atoms with Crippen LogP contribution in [0.4, 0.5) is 13.2 Å². The minimum atomic E-state index is -3.10. The predicted molar refractivity (Wildman–Crippen MR) is 35.5 cm³/mol. The number of rotatable bonds is 1. The molecule has 0 spiro atoms. The van der Waals surface area contributed by atoms with Crippen molar-refractivity contribution in [3.63, 3.8) is 0 Å². The third kappa shape index (κ3) is 1.69. The molecule has 1 heterocycles. The standard InChI is InChI=1S/C7H3F3N2O/c8-3-1-5(13)4(2-11)12-6(3)7(9)10/h1,7,13H. The monoisotopic (exact) mass is 188 g/mol. The summed E-state index contributed by atoms with van der Waals surface area (Å²) < 4.78 is 36.6. The Morgan fingerprint density at radius 2 is 2.15 bits per heavy atom. The molecule has 1 aromatic rings. The third-order valence-electron chi connectivity index (χ3n) is 1.30. The Labute approximate surface area is 71.1 Å². The van der Waals surface area contributed by atoms with E-state index in [4.69, 9.17) is 10.4 Å². The lowest BCUT2D eigenvalue weighted by Crippen LogP contribution is -1.98. The SMILES string of the molecule is N#Cc1nc(C(F)F)c(F)cc1O. The average molecular weight is 188 g/mol. The van der Waals surface area contributed by atoms with E-state index in [2.05, 4.69) is 4.98 Å². The average Bonchev–Trinajstić information content (AvgIpc) is 2.03. The maximum Gasteiger partial charge on any atom is 0.283 e. The van der Waals surface area contributed by atoms with Crippen LogP contribution in [0.2, 0.25) is 0 Å². The molecule has 0 radical (unpaired) electrons. The van der Waals surface area contributed by atoms with Crippen LogP contribution in [-0.4, -0.2) is 10.1 Å². The van der Waals surface area contributed by atoms with Gasteiger partial charge in [-0.2, -0.15) is 5.26 Å². The Balaban J connectivity index is 3.33. The van der Waals surface area contributed by atoms with Gasteiger partial charge in [-0.05, 0) is 0 Å². The zero-order valence-electron chi connectivity index (χ0n) is 6.13. The van der Waals surface area contributed by atoms with Crippen molar-refractivity contribution in [3.05, 3.63) is 23.3 Å². The lowest BCUT2D eigenvalue weighted by atomic mass is 10.3. The molecule has 1 rings (SSSR count). The highest BCUT2D eigenvalue weighted by atomic mass is 19.3. The second-order valence-corrected chi connectivity index (χ2v) is 2.14. The van der Waals surface area contributed by atoms with Gasteiger partial charge in [0.1, 0.15) is 11.8 Å². The summed E-state index contributed by atoms with van der Waals surface area (Å²) in [7, 11) is 0. The molecule has 0 saturated carbocycles. The van der Waals surface area contributed by atoms with Crippen LogP contribution in [-0.2, 0) is 0 Å². The fraction of sp³-hybridized carbons (Fsp3) is 0.143. The van der Waals surface area contributed by atoms with Crippen LogP contribution in [0.5, 0.6) is 5.75 Å². The maximum absolute atomic E-state index is 12.6. The first-order valence-corrected chi connectivity index (χ1v) is 3.14. The van der Waals surface area contributed by atoms with Crippen molar-refractivity contribution in [2.45, 2.75) is 6.43 Å². The molecule has 13 heavy (non-hydrogen) atoms. The van der Waals surface area contributed by atoms with E-state index >= 15 is 0 Å². The molecular weight excluding hydrogens is 185 g/mol. The Kier molecular flexibility index (Phi) is 2.37. The zero-order valence-corrected chi connectivity index (χ0v) is 6.13. The van der Waals surface area contributed by atoms with E-state index in [0.29, 0.717) is 6.07 Å². The molecule has 3 nitrogen and oxygen atoms in total. The van der Waals surface area contributed by atoms with Crippen molar-refractivity contribution in [1.29, 1.82) is 5.26 Å². The van der Waals surface area contributed by atoms with Gasteiger partial charge in [0.2, 0.25) is 0 Å². The van der Waals surface area contributed by atoms with Crippen molar-refractivity contribution in [2.24, 2.45) is 0 Å². The van der Waals surface area contributed by atoms with E-state index in [1.165, 1.54) is 6.07 Å². The quantitative estimate of drug-likeness (QED) is 0.730. The number of alkyl halides is 2. The molecule has 0 saturated heterocycles. The van der Waals surface area contributed by atoms with Crippen LogP contribution in [0.15, 0.2) is 6.07 Å². The van der Waals surface area contributed by atoms with Crippen molar-refractivity contribution in [1.82, 2.24) is 4.98 Å². The molecule has 68 valence electrons. The summed E-state index contributed by atoms with van der Waals surface area (Å²) in [6.07, 6.45) is -3.10. The predicted octanol–water partition coefficient (Wildman–Crippen LogP) is 1.74. The van der Waals surface area contributed by atoms with E-state index in [1.807, 2.05) is 0 Å². The number of nitriles is 1. The minimum Gasteiger partial charge on any atom is -0.505 e. The Hall–Kier alpha value is -1.77. The van der Waals surface area contributed by atoms with Gasteiger partial charge in [-0.25, -0.2) is 18.2 Å². The van der Waals surface area contributed by atoms with Crippen molar-refractivity contribution in [2.75, 3.05) is 0 Å². The van der Waals surface area contributed by atoms with Crippen LogP contribution in [0.3, 0.4) is 0 Å². The number of nitrogens with zero attached hydrogens (tertiary/aromatic N) is 2. The first-order chi connectivity index (χ1) is 6.06. The van der Waals surface area contributed by atoms with Gasteiger partial charge in [0.25, 0.3) is 6.43 Å². The van der Waals surface area contributed by atoms with Gasteiger partial charge in [-0.3, -0.25) is 0 Å². The molecule has 0 atom stereocenters. The van der Waals surface area contributed by atoms with Gasteiger partial charge < -0.3 is 5.11 Å². The van der Waals surface area contributed by atoms with E-state index < -0.39 is 29.4 Å². The van der Waals surface area contributed by atoms with E-state index in [9.17, 15) is 13.2 Å². The molecule has 0 fully saturated rings. The first-order valence-electron chi connectivity index (χ1n) is 3.14. The second kappa shape index (κ2) is 3.31. The highest BCUT2D eigenvalue weighted by Crippen LogP contribution is 2.24. The minimum absolute atomic E-state index is 0.438. The van der Waals surface area contributed by atoms with Gasteiger partial charge in [-0.1, -0.05) is 0 Å². The van der Waals surface area contributed by atoms with Gasteiger partial charge in [0.05, 0.1) is 0 Å². The maximum atomic E-state index is 12.6. The van der Waals surface area contributed by atoms with Crippen LogP contribution in [0.25, 0.3) is 0 Å². The Morgan fingerprint density at radius 1 is 1.54 bits per heavy atom. The topological polar surface area (TPSA) is 56.9 Å². The number of aromatic hydroxyl groups is 1. The Morgan fingerprint density at radius 3 is 2.62 bits per heavy atom. The van der Waals surface area contributed by atoms with Crippen LogP contribution >= 0.6 is 0 Å². The number of hydrogen-bond donors (Lipinski definition) is 1. The molecule has 1 aromatic heterocycles. The highest BCUT2D eigenvalue weighted by molar-refractivity contribution is 5.37. The lowest BCUT2D eigenvalue weighted by molar-refractivity contribution is 0.140. The van der Waals surface area contributed by atoms with Crippen LogP contribution in [0, 0.1) is 17.1 Å². The van der Waals surface area contributed by atoms with E-state index in [0.717, 1.165) is 0 Å². The number of aromatic nitrogens is 1. The Bertz CT molecular complexity index is 373. The first kappa shape index (κ1) is 9.32. The van der Waals surface area contributed by atoms with Gasteiger partial charge in [-0.15, -0.1) is 0 Å². The van der Waals surface area contributed by atoms with Crippen molar-refractivity contribution < 1.29 is 18.3 Å². The molecular formula is C7H3F3N2O. The normalized spacial score (nSPS) is 10.1. The molecule has 6 heteroatoms.